The Morgan fingerprint density at radius 1 is 1.55 bits per heavy atom. The molecule has 1 N–H and O–H groups in total. The molecule has 0 aliphatic heterocycles. The van der Waals surface area contributed by atoms with Gasteiger partial charge in [-0.3, -0.25) is 4.79 Å². The molecule has 0 saturated heterocycles. The van der Waals surface area contributed by atoms with E-state index in [1.165, 1.54) is 20.2 Å². The summed E-state index contributed by atoms with van der Waals surface area (Å²) in [6.07, 6.45) is 1.49. The van der Waals surface area contributed by atoms with E-state index in [0.29, 0.717) is 28.1 Å². The van der Waals surface area contributed by atoms with Crippen molar-refractivity contribution in [2.45, 2.75) is 6.92 Å². The van der Waals surface area contributed by atoms with Crippen LogP contribution in [0.5, 0.6) is 11.5 Å². The summed E-state index contributed by atoms with van der Waals surface area (Å²) in [6.45, 7) is 2.38. The van der Waals surface area contributed by atoms with Gasteiger partial charge in [-0.2, -0.15) is 5.26 Å². The second kappa shape index (κ2) is 7.56. The minimum atomic E-state index is -0.434. The monoisotopic (exact) mass is 338 g/mol. The fourth-order valence-corrected chi connectivity index (χ4v) is 2.13. The van der Waals surface area contributed by atoms with Gasteiger partial charge in [-0.25, -0.2) is 0 Å². The lowest BCUT2D eigenvalue weighted by atomic mass is 10.1. The number of nitriles is 1. The third-order valence-electron chi connectivity index (χ3n) is 2.44. The predicted octanol–water partition coefficient (Wildman–Crippen LogP) is 2.51. The Balaban J connectivity index is 3.28. The van der Waals surface area contributed by atoms with Gasteiger partial charge in [-0.05, 0) is 46.6 Å². The van der Waals surface area contributed by atoms with E-state index in [2.05, 4.69) is 21.2 Å². The van der Waals surface area contributed by atoms with E-state index in [1.54, 1.807) is 12.1 Å². The van der Waals surface area contributed by atoms with Gasteiger partial charge >= 0.3 is 0 Å². The Bertz CT molecular complexity index is 577. The number of ether oxygens (including phenoxy) is 2. The van der Waals surface area contributed by atoms with Gasteiger partial charge in [0, 0.05) is 7.05 Å². The molecule has 5 nitrogen and oxygen atoms in total. The molecule has 0 radical (unpaired) electrons. The van der Waals surface area contributed by atoms with E-state index in [0.717, 1.165) is 0 Å². The van der Waals surface area contributed by atoms with Crippen molar-refractivity contribution in [2.75, 3.05) is 20.8 Å². The zero-order valence-electron chi connectivity index (χ0n) is 11.5. The first kappa shape index (κ1) is 16.1. The van der Waals surface area contributed by atoms with Gasteiger partial charge in [-0.15, -0.1) is 0 Å². The minimum Gasteiger partial charge on any atom is -0.493 e. The third-order valence-corrected chi connectivity index (χ3v) is 3.03. The molecule has 0 atom stereocenters. The zero-order chi connectivity index (χ0) is 15.1. The minimum absolute atomic E-state index is 0.0191. The molecule has 1 amide bonds. The van der Waals surface area contributed by atoms with Gasteiger partial charge in [0.15, 0.2) is 11.5 Å². The first-order valence-corrected chi connectivity index (χ1v) is 6.70. The fraction of sp³-hybridized carbons (Fsp3) is 0.286. The first-order valence-electron chi connectivity index (χ1n) is 5.91. The molecule has 1 aromatic rings. The number of likely N-dealkylation sites (N-methyl/N-ethyl adjacent to an activating group) is 1. The Kier molecular flexibility index (Phi) is 6.07. The number of hydrogen-bond donors (Lipinski definition) is 1. The highest BCUT2D eigenvalue weighted by atomic mass is 79.9. The topological polar surface area (TPSA) is 71.3 Å². The molecule has 0 unspecified atom stereocenters. The summed E-state index contributed by atoms with van der Waals surface area (Å²) in [5.74, 6) is 0.684. The second-order valence-electron chi connectivity index (χ2n) is 3.72. The number of benzene rings is 1. The van der Waals surface area contributed by atoms with Crippen molar-refractivity contribution in [3.05, 3.63) is 27.7 Å². The first-order chi connectivity index (χ1) is 9.57. The quantitative estimate of drug-likeness (QED) is 0.661. The number of carbonyl (C=O) groups excluding carboxylic acids is 1. The summed E-state index contributed by atoms with van der Waals surface area (Å²) in [6, 6.07) is 5.32. The predicted molar refractivity (Wildman–Crippen MR) is 79.5 cm³/mol. The van der Waals surface area contributed by atoms with Crippen LogP contribution in [0.3, 0.4) is 0 Å². The molecule has 106 valence electrons. The number of nitrogens with zero attached hydrogens (tertiary/aromatic N) is 1. The van der Waals surface area contributed by atoms with Gasteiger partial charge < -0.3 is 14.8 Å². The molecule has 0 aromatic heterocycles. The molecule has 1 rings (SSSR count). The molecular formula is C14H15BrN2O3. The smallest absolute Gasteiger partial charge is 0.261 e. The van der Waals surface area contributed by atoms with Gasteiger partial charge in [0.25, 0.3) is 5.91 Å². The number of hydrogen-bond acceptors (Lipinski definition) is 4. The van der Waals surface area contributed by atoms with Crippen LogP contribution in [0.4, 0.5) is 0 Å². The molecule has 1 aromatic carbocycles. The van der Waals surface area contributed by atoms with Crippen LogP contribution in [0.1, 0.15) is 12.5 Å². The molecule has 0 fully saturated rings. The van der Waals surface area contributed by atoms with Crippen molar-refractivity contribution in [1.29, 1.82) is 5.26 Å². The van der Waals surface area contributed by atoms with Crippen molar-refractivity contribution in [1.82, 2.24) is 5.32 Å². The molecule has 20 heavy (non-hydrogen) atoms. The SMILES string of the molecule is CCOc1c(Br)cc(/C=C(/C#N)C(=O)NC)cc1OC. The lowest BCUT2D eigenvalue weighted by molar-refractivity contribution is -0.116. The van der Waals surface area contributed by atoms with Crippen LogP contribution in [-0.4, -0.2) is 26.7 Å². The molecule has 0 bridgehead atoms. The van der Waals surface area contributed by atoms with Crippen LogP contribution in [0.2, 0.25) is 0 Å². The number of nitrogens with one attached hydrogen (secondary N) is 1. The summed E-state index contributed by atoms with van der Waals surface area (Å²) < 4.78 is 11.4. The van der Waals surface area contributed by atoms with Crippen molar-refractivity contribution in [3.63, 3.8) is 0 Å². The van der Waals surface area contributed by atoms with Gasteiger partial charge in [-0.1, -0.05) is 0 Å². The summed E-state index contributed by atoms with van der Waals surface area (Å²) in [4.78, 5) is 11.5. The number of amides is 1. The Hall–Kier alpha value is -2.00. The van der Waals surface area contributed by atoms with Gasteiger partial charge in [0.1, 0.15) is 11.6 Å². The third kappa shape index (κ3) is 3.75. The number of halogens is 1. The summed E-state index contributed by atoms with van der Waals surface area (Å²) in [7, 11) is 3.00. The van der Waals surface area contributed by atoms with E-state index >= 15 is 0 Å². The maximum absolute atomic E-state index is 11.5. The van der Waals surface area contributed by atoms with Crippen LogP contribution < -0.4 is 14.8 Å². The molecule has 0 aliphatic carbocycles. The molecule has 0 aliphatic rings. The van der Waals surface area contributed by atoms with E-state index in [4.69, 9.17) is 14.7 Å². The van der Waals surface area contributed by atoms with Crippen molar-refractivity contribution in [3.8, 4) is 17.6 Å². The molecule has 0 heterocycles. The van der Waals surface area contributed by atoms with E-state index in [9.17, 15) is 4.79 Å². The van der Waals surface area contributed by atoms with Crippen molar-refractivity contribution >= 4 is 27.9 Å². The van der Waals surface area contributed by atoms with Crippen LogP contribution in [-0.2, 0) is 4.79 Å². The van der Waals surface area contributed by atoms with Crippen LogP contribution in [0.15, 0.2) is 22.2 Å². The van der Waals surface area contributed by atoms with E-state index in [1.807, 2.05) is 13.0 Å². The van der Waals surface area contributed by atoms with Crippen LogP contribution in [0.25, 0.3) is 6.08 Å². The zero-order valence-corrected chi connectivity index (χ0v) is 13.1. The standard InChI is InChI=1S/C14H15BrN2O3/c1-4-20-13-11(15)6-9(7-12(13)19-3)5-10(8-16)14(18)17-2/h5-7H,4H2,1-3H3,(H,17,18)/b10-5-. The highest BCUT2D eigenvalue weighted by Gasteiger charge is 2.12. The highest BCUT2D eigenvalue weighted by molar-refractivity contribution is 9.10. The van der Waals surface area contributed by atoms with E-state index in [-0.39, 0.29) is 5.57 Å². The van der Waals surface area contributed by atoms with Gasteiger partial charge in [0.05, 0.1) is 18.2 Å². The normalized spacial score (nSPS) is 10.7. The lowest BCUT2D eigenvalue weighted by Gasteiger charge is -2.12. The van der Waals surface area contributed by atoms with Crippen LogP contribution in [0, 0.1) is 11.3 Å². The molecule has 6 heteroatoms. The maximum atomic E-state index is 11.5. The largest absolute Gasteiger partial charge is 0.493 e. The number of methoxy groups -OCH3 is 1. The summed E-state index contributed by atoms with van der Waals surface area (Å²) >= 11 is 3.39. The maximum Gasteiger partial charge on any atom is 0.261 e. The lowest BCUT2D eigenvalue weighted by Crippen LogP contribution is -2.19. The molecule has 0 saturated carbocycles. The highest BCUT2D eigenvalue weighted by Crippen LogP contribution is 2.37. The Morgan fingerprint density at radius 2 is 2.25 bits per heavy atom. The van der Waals surface area contributed by atoms with E-state index < -0.39 is 5.91 Å². The van der Waals surface area contributed by atoms with Gasteiger partial charge in [0.2, 0.25) is 0 Å². The molecule has 0 spiro atoms. The average Bonchev–Trinajstić information content (AvgIpc) is 2.46. The average molecular weight is 339 g/mol. The Morgan fingerprint density at radius 3 is 2.75 bits per heavy atom. The summed E-state index contributed by atoms with van der Waals surface area (Å²) in [5, 5.41) is 11.4. The molecular weight excluding hydrogens is 324 g/mol. The van der Waals surface area contributed by atoms with Crippen molar-refractivity contribution < 1.29 is 14.3 Å². The van der Waals surface area contributed by atoms with Crippen LogP contribution >= 0.6 is 15.9 Å². The Labute approximate surface area is 126 Å². The van der Waals surface area contributed by atoms with Crippen molar-refractivity contribution in [2.24, 2.45) is 0 Å². The number of carbonyl (C=O) groups is 1. The number of rotatable bonds is 5. The second-order valence-corrected chi connectivity index (χ2v) is 4.57. The fourth-order valence-electron chi connectivity index (χ4n) is 1.56. The summed E-state index contributed by atoms with van der Waals surface area (Å²) in [5.41, 5.74) is 0.683.